The van der Waals surface area contributed by atoms with Gasteiger partial charge in [0.1, 0.15) is 11.6 Å². The zero-order valence-electron chi connectivity index (χ0n) is 11.7. The SMILES string of the molecule is CC(=O)c1ccccc1NC(=O)COc1ccc(F)c(Cl)c1. The summed E-state index contributed by atoms with van der Waals surface area (Å²) in [5, 5.41) is 2.51. The smallest absolute Gasteiger partial charge is 0.262 e. The van der Waals surface area contributed by atoms with Gasteiger partial charge in [-0.25, -0.2) is 4.39 Å². The molecule has 0 saturated heterocycles. The van der Waals surface area contributed by atoms with Crippen LogP contribution < -0.4 is 10.1 Å². The molecule has 0 fully saturated rings. The van der Waals surface area contributed by atoms with E-state index in [4.69, 9.17) is 16.3 Å². The van der Waals surface area contributed by atoms with E-state index in [2.05, 4.69) is 5.32 Å². The molecule has 0 heterocycles. The van der Waals surface area contributed by atoms with Crippen LogP contribution in [0.2, 0.25) is 5.02 Å². The fraction of sp³-hybridized carbons (Fsp3) is 0.125. The van der Waals surface area contributed by atoms with E-state index >= 15 is 0 Å². The second-order valence-electron chi connectivity index (χ2n) is 4.51. The van der Waals surface area contributed by atoms with Gasteiger partial charge in [-0.3, -0.25) is 9.59 Å². The summed E-state index contributed by atoms with van der Waals surface area (Å²) in [7, 11) is 0. The van der Waals surface area contributed by atoms with Crippen LogP contribution in [0.25, 0.3) is 0 Å². The zero-order chi connectivity index (χ0) is 16.1. The Morgan fingerprint density at radius 1 is 1.23 bits per heavy atom. The van der Waals surface area contributed by atoms with Gasteiger partial charge in [0.05, 0.1) is 10.7 Å². The monoisotopic (exact) mass is 321 g/mol. The van der Waals surface area contributed by atoms with E-state index < -0.39 is 11.7 Å². The van der Waals surface area contributed by atoms with E-state index in [-0.39, 0.29) is 23.2 Å². The van der Waals surface area contributed by atoms with E-state index in [9.17, 15) is 14.0 Å². The maximum Gasteiger partial charge on any atom is 0.262 e. The summed E-state index contributed by atoms with van der Waals surface area (Å²) in [6.45, 7) is 1.14. The molecule has 6 heteroatoms. The van der Waals surface area contributed by atoms with Crippen molar-refractivity contribution in [3.63, 3.8) is 0 Å². The maximum atomic E-state index is 13.0. The number of benzene rings is 2. The third-order valence-corrected chi connectivity index (χ3v) is 3.13. The minimum absolute atomic E-state index is 0.0835. The van der Waals surface area contributed by atoms with Gasteiger partial charge in [0, 0.05) is 11.6 Å². The number of hydrogen-bond acceptors (Lipinski definition) is 3. The molecule has 2 rings (SSSR count). The average molecular weight is 322 g/mol. The van der Waals surface area contributed by atoms with Gasteiger partial charge in [-0.2, -0.15) is 0 Å². The van der Waals surface area contributed by atoms with E-state index in [1.807, 2.05) is 0 Å². The van der Waals surface area contributed by atoms with Gasteiger partial charge < -0.3 is 10.1 Å². The van der Waals surface area contributed by atoms with E-state index in [0.717, 1.165) is 6.07 Å². The highest BCUT2D eigenvalue weighted by Gasteiger charge is 2.10. The van der Waals surface area contributed by atoms with Gasteiger partial charge in [-0.15, -0.1) is 0 Å². The van der Waals surface area contributed by atoms with Crippen molar-refractivity contribution in [2.45, 2.75) is 6.92 Å². The molecule has 114 valence electrons. The van der Waals surface area contributed by atoms with Crippen LogP contribution in [-0.4, -0.2) is 18.3 Å². The summed E-state index contributed by atoms with van der Waals surface area (Å²) >= 11 is 5.62. The van der Waals surface area contributed by atoms with E-state index in [1.54, 1.807) is 24.3 Å². The average Bonchev–Trinajstić information content (AvgIpc) is 2.49. The number of rotatable bonds is 5. The summed E-state index contributed by atoms with van der Waals surface area (Å²) in [4.78, 5) is 23.3. The highest BCUT2D eigenvalue weighted by molar-refractivity contribution is 6.30. The predicted octanol–water partition coefficient (Wildman–Crippen LogP) is 3.70. The van der Waals surface area contributed by atoms with Crippen LogP contribution in [0.15, 0.2) is 42.5 Å². The quantitative estimate of drug-likeness (QED) is 0.854. The number of carbonyl (C=O) groups excluding carboxylic acids is 2. The summed E-state index contributed by atoms with van der Waals surface area (Å²) in [6, 6.07) is 10.5. The van der Waals surface area contributed by atoms with Gasteiger partial charge in [-0.1, -0.05) is 23.7 Å². The first kappa shape index (κ1) is 16.0. The van der Waals surface area contributed by atoms with Gasteiger partial charge in [0.25, 0.3) is 5.91 Å². The number of halogens is 2. The van der Waals surface area contributed by atoms with Crippen LogP contribution in [0.5, 0.6) is 5.75 Å². The van der Waals surface area contributed by atoms with Crippen molar-refractivity contribution < 1.29 is 18.7 Å². The Kier molecular flexibility index (Phi) is 5.12. The van der Waals surface area contributed by atoms with Gasteiger partial charge >= 0.3 is 0 Å². The Morgan fingerprint density at radius 2 is 1.95 bits per heavy atom. The number of nitrogens with one attached hydrogen (secondary N) is 1. The number of para-hydroxylation sites is 1. The number of amides is 1. The third kappa shape index (κ3) is 4.05. The fourth-order valence-corrected chi connectivity index (χ4v) is 1.97. The van der Waals surface area contributed by atoms with Crippen molar-refractivity contribution in [2.75, 3.05) is 11.9 Å². The summed E-state index contributed by atoms with van der Waals surface area (Å²) < 4.78 is 18.2. The molecule has 1 N–H and O–H groups in total. The number of ether oxygens (including phenoxy) is 1. The lowest BCUT2D eigenvalue weighted by Crippen LogP contribution is -2.21. The largest absolute Gasteiger partial charge is 0.484 e. The van der Waals surface area contributed by atoms with Gasteiger partial charge in [-0.05, 0) is 31.2 Å². The molecular weight excluding hydrogens is 309 g/mol. The lowest BCUT2D eigenvalue weighted by molar-refractivity contribution is -0.118. The number of ketones is 1. The standard InChI is InChI=1S/C16H13ClFNO3/c1-10(20)12-4-2-3-5-15(12)19-16(21)9-22-11-6-7-14(18)13(17)8-11/h2-8H,9H2,1H3,(H,19,21). The van der Waals surface area contributed by atoms with Crippen LogP contribution in [-0.2, 0) is 4.79 Å². The summed E-state index contributed by atoms with van der Waals surface area (Å²) in [5.74, 6) is -0.869. The lowest BCUT2D eigenvalue weighted by Gasteiger charge is -2.10. The Morgan fingerprint density at radius 3 is 2.64 bits per heavy atom. The first-order valence-corrected chi connectivity index (χ1v) is 6.83. The van der Waals surface area contributed by atoms with Crippen LogP contribution in [0, 0.1) is 5.82 Å². The first-order chi connectivity index (χ1) is 10.5. The molecule has 22 heavy (non-hydrogen) atoms. The third-order valence-electron chi connectivity index (χ3n) is 2.84. The van der Waals surface area contributed by atoms with Crippen LogP contribution in [0.4, 0.5) is 10.1 Å². The normalized spacial score (nSPS) is 10.1. The minimum Gasteiger partial charge on any atom is -0.484 e. The second kappa shape index (κ2) is 7.04. The van der Waals surface area contributed by atoms with Crippen molar-refractivity contribution in [2.24, 2.45) is 0 Å². The van der Waals surface area contributed by atoms with Crippen LogP contribution >= 0.6 is 11.6 Å². The molecular formula is C16H13ClFNO3. The maximum absolute atomic E-state index is 13.0. The molecule has 0 unspecified atom stereocenters. The Balaban J connectivity index is 1.99. The second-order valence-corrected chi connectivity index (χ2v) is 4.92. The highest BCUT2D eigenvalue weighted by atomic mass is 35.5. The van der Waals surface area contributed by atoms with Crippen molar-refractivity contribution in [1.29, 1.82) is 0 Å². The molecule has 0 aliphatic rings. The van der Waals surface area contributed by atoms with Crippen molar-refractivity contribution in [3.8, 4) is 5.75 Å². The zero-order valence-corrected chi connectivity index (χ0v) is 12.5. The minimum atomic E-state index is -0.561. The predicted molar refractivity (Wildman–Crippen MR) is 82.0 cm³/mol. The fourth-order valence-electron chi connectivity index (χ4n) is 1.80. The van der Waals surface area contributed by atoms with Crippen LogP contribution in [0.1, 0.15) is 17.3 Å². The molecule has 0 spiro atoms. The van der Waals surface area contributed by atoms with E-state index in [1.165, 1.54) is 19.1 Å². The van der Waals surface area contributed by atoms with Crippen LogP contribution in [0.3, 0.4) is 0 Å². The molecule has 0 radical (unpaired) electrons. The molecule has 0 aliphatic carbocycles. The van der Waals surface area contributed by atoms with E-state index in [0.29, 0.717) is 11.3 Å². The Bertz CT molecular complexity index is 718. The Labute approximate surface area is 131 Å². The highest BCUT2D eigenvalue weighted by Crippen LogP contribution is 2.21. The number of Topliss-reactive ketones (excluding diaryl/α,β-unsaturated/α-hetero) is 1. The van der Waals surface area contributed by atoms with Crippen molar-refractivity contribution in [3.05, 3.63) is 58.9 Å². The molecule has 2 aromatic carbocycles. The van der Waals surface area contributed by atoms with Crippen molar-refractivity contribution in [1.82, 2.24) is 0 Å². The number of anilines is 1. The lowest BCUT2D eigenvalue weighted by atomic mass is 10.1. The van der Waals surface area contributed by atoms with Crippen molar-refractivity contribution >= 4 is 29.0 Å². The summed E-state index contributed by atoms with van der Waals surface area (Å²) in [5.41, 5.74) is 0.835. The molecule has 0 atom stereocenters. The Hall–Kier alpha value is -2.40. The molecule has 0 saturated carbocycles. The first-order valence-electron chi connectivity index (χ1n) is 6.45. The molecule has 0 aliphatic heterocycles. The number of hydrogen-bond donors (Lipinski definition) is 1. The summed E-state index contributed by atoms with van der Waals surface area (Å²) in [6.07, 6.45) is 0. The van der Waals surface area contributed by atoms with Gasteiger partial charge in [0.2, 0.25) is 0 Å². The molecule has 1 amide bonds. The topological polar surface area (TPSA) is 55.4 Å². The molecule has 0 aromatic heterocycles. The van der Waals surface area contributed by atoms with Gasteiger partial charge in [0.15, 0.2) is 12.4 Å². The molecule has 0 bridgehead atoms. The molecule has 2 aromatic rings. The molecule has 4 nitrogen and oxygen atoms in total. The number of carbonyl (C=O) groups is 2.